The topological polar surface area (TPSA) is 24.5 Å². The molecule has 1 unspecified atom stereocenters. The molecule has 1 aromatic carbocycles. The van der Waals surface area contributed by atoms with Gasteiger partial charge in [-0.1, -0.05) is 34.1 Å². The summed E-state index contributed by atoms with van der Waals surface area (Å²) in [6.45, 7) is 8.62. The third-order valence-corrected chi connectivity index (χ3v) is 5.35. The first-order valence-electron chi connectivity index (χ1n) is 7.49. The van der Waals surface area contributed by atoms with Gasteiger partial charge in [0.05, 0.1) is 13.2 Å². The Balaban J connectivity index is 1.74. The maximum Gasteiger partial charge on any atom is 0.0586 e. The molecular formula is C16H23BrN2O. The first kappa shape index (κ1) is 14.5. The standard InChI is InChI=1S/C16H23BrN2O/c1-13(19-8-6-18-7-9-19)10-16(11-20-12-16)14-4-2-3-5-15(14)17/h2-5,13,18H,6-12H2,1H3. The summed E-state index contributed by atoms with van der Waals surface area (Å²) in [5, 5.41) is 3.43. The maximum absolute atomic E-state index is 5.58. The van der Waals surface area contributed by atoms with E-state index in [-0.39, 0.29) is 5.41 Å². The molecule has 1 aromatic rings. The second kappa shape index (κ2) is 6.14. The van der Waals surface area contributed by atoms with Crippen LogP contribution in [0.3, 0.4) is 0 Å². The summed E-state index contributed by atoms with van der Waals surface area (Å²) >= 11 is 3.71. The molecule has 1 N–H and O–H groups in total. The average Bonchev–Trinajstić information content (AvgIpc) is 2.44. The molecule has 3 rings (SSSR count). The Kier molecular flexibility index (Phi) is 4.46. The van der Waals surface area contributed by atoms with Gasteiger partial charge in [0.25, 0.3) is 0 Å². The van der Waals surface area contributed by atoms with E-state index in [9.17, 15) is 0 Å². The van der Waals surface area contributed by atoms with Crippen molar-refractivity contribution in [1.82, 2.24) is 10.2 Å². The highest BCUT2D eigenvalue weighted by atomic mass is 79.9. The van der Waals surface area contributed by atoms with Crippen LogP contribution in [-0.2, 0) is 10.2 Å². The molecule has 0 aliphatic carbocycles. The van der Waals surface area contributed by atoms with E-state index < -0.39 is 0 Å². The number of hydrogen-bond acceptors (Lipinski definition) is 3. The normalized spacial score (nSPS) is 24.1. The van der Waals surface area contributed by atoms with Gasteiger partial charge in [0.1, 0.15) is 0 Å². The van der Waals surface area contributed by atoms with E-state index in [1.54, 1.807) is 0 Å². The van der Waals surface area contributed by atoms with Crippen LogP contribution in [0.15, 0.2) is 28.7 Å². The van der Waals surface area contributed by atoms with Gasteiger partial charge in [-0.3, -0.25) is 4.90 Å². The fraction of sp³-hybridized carbons (Fsp3) is 0.625. The number of piperazine rings is 1. The molecule has 2 fully saturated rings. The highest BCUT2D eigenvalue weighted by molar-refractivity contribution is 9.10. The lowest BCUT2D eigenvalue weighted by Crippen LogP contribution is -2.54. The smallest absolute Gasteiger partial charge is 0.0586 e. The lowest BCUT2D eigenvalue weighted by Gasteiger charge is -2.46. The van der Waals surface area contributed by atoms with E-state index >= 15 is 0 Å². The van der Waals surface area contributed by atoms with Gasteiger partial charge in [0.15, 0.2) is 0 Å². The summed E-state index contributed by atoms with van der Waals surface area (Å²) in [5.41, 5.74) is 1.61. The predicted octanol–water partition coefficient (Wildman–Crippen LogP) is 2.40. The molecule has 0 aromatic heterocycles. The van der Waals surface area contributed by atoms with Gasteiger partial charge < -0.3 is 10.1 Å². The molecule has 1 atom stereocenters. The maximum atomic E-state index is 5.58. The molecule has 0 spiro atoms. The largest absolute Gasteiger partial charge is 0.379 e. The number of rotatable bonds is 4. The molecule has 2 aliphatic rings. The summed E-state index contributed by atoms with van der Waals surface area (Å²) in [6, 6.07) is 9.21. The third kappa shape index (κ3) is 2.80. The number of nitrogens with zero attached hydrogens (tertiary/aromatic N) is 1. The van der Waals surface area contributed by atoms with E-state index in [0.717, 1.165) is 39.4 Å². The first-order valence-corrected chi connectivity index (χ1v) is 8.28. The Morgan fingerprint density at radius 1 is 1.30 bits per heavy atom. The van der Waals surface area contributed by atoms with E-state index in [4.69, 9.17) is 4.74 Å². The minimum atomic E-state index is 0.199. The zero-order valence-corrected chi connectivity index (χ0v) is 13.7. The molecule has 4 heteroatoms. The molecule has 2 heterocycles. The Morgan fingerprint density at radius 3 is 2.60 bits per heavy atom. The number of nitrogens with one attached hydrogen (secondary N) is 1. The van der Waals surface area contributed by atoms with Gasteiger partial charge in [-0.25, -0.2) is 0 Å². The van der Waals surface area contributed by atoms with Crippen LogP contribution in [0, 0.1) is 0 Å². The number of hydrogen-bond donors (Lipinski definition) is 1. The van der Waals surface area contributed by atoms with Crippen molar-refractivity contribution in [1.29, 1.82) is 0 Å². The average molecular weight is 339 g/mol. The monoisotopic (exact) mass is 338 g/mol. The van der Waals surface area contributed by atoms with Gasteiger partial charge in [-0.05, 0) is 25.0 Å². The summed E-state index contributed by atoms with van der Waals surface area (Å²) in [4.78, 5) is 2.60. The van der Waals surface area contributed by atoms with Crippen molar-refractivity contribution in [3.05, 3.63) is 34.3 Å². The van der Waals surface area contributed by atoms with Gasteiger partial charge in [-0.15, -0.1) is 0 Å². The van der Waals surface area contributed by atoms with Crippen molar-refractivity contribution in [3.8, 4) is 0 Å². The van der Waals surface area contributed by atoms with Crippen LogP contribution in [0.5, 0.6) is 0 Å². The Bertz CT molecular complexity index is 456. The van der Waals surface area contributed by atoms with Crippen LogP contribution >= 0.6 is 15.9 Å². The van der Waals surface area contributed by atoms with Gasteiger partial charge in [-0.2, -0.15) is 0 Å². The quantitative estimate of drug-likeness (QED) is 0.912. The zero-order chi connectivity index (χ0) is 14.0. The molecular weight excluding hydrogens is 316 g/mol. The fourth-order valence-corrected chi connectivity index (χ4v) is 4.15. The molecule has 20 heavy (non-hydrogen) atoms. The molecule has 3 nitrogen and oxygen atoms in total. The number of benzene rings is 1. The highest BCUT2D eigenvalue weighted by Gasteiger charge is 2.43. The van der Waals surface area contributed by atoms with Crippen molar-refractivity contribution < 1.29 is 4.74 Å². The van der Waals surface area contributed by atoms with Crippen LogP contribution < -0.4 is 5.32 Å². The molecule has 110 valence electrons. The Morgan fingerprint density at radius 2 is 2.00 bits per heavy atom. The van der Waals surface area contributed by atoms with Crippen molar-refractivity contribution in [2.75, 3.05) is 39.4 Å². The minimum absolute atomic E-state index is 0.199. The molecule has 0 amide bonds. The number of ether oxygens (including phenoxy) is 1. The summed E-state index contributed by atoms with van der Waals surface area (Å²) in [6.07, 6.45) is 1.18. The number of halogens is 1. The second-order valence-electron chi connectivity index (χ2n) is 6.09. The minimum Gasteiger partial charge on any atom is -0.379 e. The van der Waals surface area contributed by atoms with Crippen LogP contribution in [0.2, 0.25) is 0 Å². The van der Waals surface area contributed by atoms with Crippen LogP contribution in [0.1, 0.15) is 18.9 Å². The zero-order valence-electron chi connectivity index (χ0n) is 12.1. The van der Waals surface area contributed by atoms with E-state index in [2.05, 4.69) is 57.3 Å². The van der Waals surface area contributed by atoms with Crippen LogP contribution in [0.4, 0.5) is 0 Å². The predicted molar refractivity (Wildman–Crippen MR) is 85.2 cm³/mol. The van der Waals surface area contributed by atoms with Crippen molar-refractivity contribution in [2.45, 2.75) is 24.8 Å². The van der Waals surface area contributed by atoms with Crippen molar-refractivity contribution in [3.63, 3.8) is 0 Å². The highest BCUT2D eigenvalue weighted by Crippen LogP contribution is 2.41. The summed E-state index contributed by atoms with van der Waals surface area (Å²) < 4.78 is 6.80. The molecule has 0 bridgehead atoms. The van der Waals surface area contributed by atoms with Crippen LogP contribution in [0.25, 0.3) is 0 Å². The molecule has 2 saturated heterocycles. The van der Waals surface area contributed by atoms with Crippen LogP contribution in [-0.4, -0.2) is 50.3 Å². The van der Waals surface area contributed by atoms with Gasteiger partial charge in [0, 0.05) is 42.1 Å². The van der Waals surface area contributed by atoms with Crippen molar-refractivity contribution in [2.24, 2.45) is 0 Å². The fourth-order valence-electron chi connectivity index (χ4n) is 3.44. The lowest BCUT2D eigenvalue weighted by molar-refractivity contribution is -0.0750. The first-order chi connectivity index (χ1) is 9.71. The third-order valence-electron chi connectivity index (χ3n) is 4.66. The molecule has 0 radical (unpaired) electrons. The molecule has 0 saturated carbocycles. The summed E-state index contributed by atoms with van der Waals surface area (Å²) in [5.74, 6) is 0. The van der Waals surface area contributed by atoms with E-state index in [1.807, 2.05) is 0 Å². The second-order valence-corrected chi connectivity index (χ2v) is 6.95. The SMILES string of the molecule is CC(CC1(c2ccccc2Br)COC1)N1CCNCC1. The lowest BCUT2D eigenvalue weighted by atomic mass is 9.74. The van der Waals surface area contributed by atoms with Crippen molar-refractivity contribution >= 4 is 15.9 Å². The van der Waals surface area contributed by atoms with Gasteiger partial charge in [0.2, 0.25) is 0 Å². The molecule has 2 aliphatic heterocycles. The van der Waals surface area contributed by atoms with Gasteiger partial charge >= 0.3 is 0 Å². The Hall–Kier alpha value is -0.420. The Labute approximate surface area is 129 Å². The van der Waals surface area contributed by atoms with E-state index in [0.29, 0.717) is 6.04 Å². The van der Waals surface area contributed by atoms with E-state index in [1.165, 1.54) is 16.5 Å². The summed E-state index contributed by atoms with van der Waals surface area (Å²) in [7, 11) is 0.